The molecule has 0 fully saturated rings. The van der Waals surface area contributed by atoms with Crippen LogP contribution in [-0.2, 0) is 26.9 Å². The summed E-state index contributed by atoms with van der Waals surface area (Å²) in [5.74, 6) is -4.89. The number of carbonyl (C=O) groups excluding carboxylic acids is 2. The van der Waals surface area contributed by atoms with Crippen molar-refractivity contribution in [2.24, 2.45) is 5.92 Å². The SMILES string of the molecule is CCOC(=O)C[C@H](NC(=O)C(CC(C)C)n1cc(CCCN(C)C)c(C(F)(F)F)cc1=O)c1c(F)c(C)cc(-c2c(C)cc(C)c(F)c2C)c1F. The van der Waals surface area contributed by atoms with Gasteiger partial charge in [-0.15, -0.1) is 0 Å². The predicted molar refractivity (Wildman–Crippen MR) is 184 cm³/mol. The summed E-state index contributed by atoms with van der Waals surface area (Å²) in [6.45, 7) is 11.4. The van der Waals surface area contributed by atoms with Crippen molar-refractivity contribution in [3.05, 3.63) is 91.1 Å². The van der Waals surface area contributed by atoms with Crippen LogP contribution in [0.5, 0.6) is 0 Å². The van der Waals surface area contributed by atoms with Gasteiger partial charge in [-0.3, -0.25) is 14.4 Å². The third kappa shape index (κ3) is 9.81. The van der Waals surface area contributed by atoms with Gasteiger partial charge in [-0.2, -0.15) is 13.2 Å². The molecular weight excluding hydrogens is 676 g/mol. The number of pyridine rings is 1. The van der Waals surface area contributed by atoms with Gasteiger partial charge in [0.25, 0.3) is 5.56 Å². The second kappa shape index (κ2) is 16.9. The van der Waals surface area contributed by atoms with Gasteiger partial charge in [0.05, 0.1) is 24.6 Å². The number of nitrogens with one attached hydrogen (secondary N) is 1. The van der Waals surface area contributed by atoms with E-state index in [-0.39, 0.29) is 53.2 Å². The molecular formula is C38H47F6N3O4. The Morgan fingerprint density at radius 2 is 1.57 bits per heavy atom. The smallest absolute Gasteiger partial charge is 0.416 e. The fraction of sp³-hybridized carbons (Fsp3) is 0.500. The molecule has 0 bridgehead atoms. The number of hydrogen-bond acceptors (Lipinski definition) is 5. The van der Waals surface area contributed by atoms with Crippen LogP contribution in [-0.4, -0.2) is 48.6 Å². The summed E-state index contributed by atoms with van der Waals surface area (Å²) in [5.41, 5.74) is -2.14. The minimum absolute atomic E-state index is 0.0363. The fourth-order valence-corrected chi connectivity index (χ4v) is 6.42. The summed E-state index contributed by atoms with van der Waals surface area (Å²) in [6.07, 6.45) is -4.28. The summed E-state index contributed by atoms with van der Waals surface area (Å²) in [4.78, 5) is 42.1. The summed E-state index contributed by atoms with van der Waals surface area (Å²) in [5, 5.41) is 2.53. The molecule has 0 radical (unpaired) electrons. The zero-order valence-corrected chi connectivity index (χ0v) is 30.6. The Labute approximate surface area is 295 Å². The first-order valence-electron chi connectivity index (χ1n) is 16.9. The second-order valence-electron chi connectivity index (χ2n) is 13.7. The first-order chi connectivity index (χ1) is 23.7. The van der Waals surface area contributed by atoms with E-state index in [0.29, 0.717) is 30.2 Å². The van der Waals surface area contributed by atoms with Gasteiger partial charge in [0.2, 0.25) is 5.91 Å². The van der Waals surface area contributed by atoms with E-state index in [9.17, 15) is 27.6 Å². The predicted octanol–water partition coefficient (Wildman–Crippen LogP) is 8.08. The highest BCUT2D eigenvalue weighted by Crippen LogP contribution is 2.38. The Morgan fingerprint density at radius 3 is 2.14 bits per heavy atom. The van der Waals surface area contributed by atoms with Gasteiger partial charge in [-0.25, -0.2) is 13.2 Å². The number of rotatable bonds is 14. The van der Waals surface area contributed by atoms with Gasteiger partial charge < -0.3 is 19.5 Å². The van der Waals surface area contributed by atoms with Crippen molar-refractivity contribution in [1.29, 1.82) is 0 Å². The molecule has 0 aliphatic rings. The number of alkyl halides is 3. The third-order valence-corrected chi connectivity index (χ3v) is 8.76. The average molecular weight is 724 g/mol. The number of halogens is 6. The van der Waals surface area contributed by atoms with E-state index in [4.69, 9.17) is 4.74 Å². The maximum absolute atomic E-state index is 16.7. The Hall–Kier alpha value is -4.13. The van der Waals surface area contributed by atoms with Crippen molar-refractivity contribution in [3.63, 3.8) is 0 Å². The molecule has 280 valence electrons. The fourth-order valence-electron chi connectivity index (χ4n) is 6.42. The summed E-state index contributed by atoms with van der Waals surface area (Å²) in [6, 6.07) is 0.121. The molecule has 2 aromatic carbocycles. The third-order valence-electron chi connectivity index (χ3n) is 8.76. The van der Waals surface area contributed by atoms with Crippen LogP contribution in [0.1, 0.15) is 91.1 Å². The number of nitrogens with zero attached hydrogens (tertiary/aromatic N) is 2. The van der Waals surface area contributed by atoms with E-state index in [1.807, 2.05) is 0 Å². The lowest BCUT2D eigenvalue weighted by atomic mass is 9.88. The van der Waals surface area contributed by atoms with Crippen LogP contribution in [0.15, 0.2) is 29.2 Å². The molecule has 51 heavy (non-hydrogen) atoms. The molecule has 0 spiro atoms. The van der Waals surface area contributed by atoms with Gasteiger partial charge in [-0.05, 0) is 120 Å². The van der Waals surface area contributed by atoms with Gasteiger partial charge in [0, 0.05) is 23.4 Å². The summed E-state index contributed by atoms with van der Waals surface area (Å²) >= 11 is 0. The van der Waals surface area contributed by atoms with Gasteiger partial charge in [-0.1, -0.05) is 19.9 Å². The zero-order chi connectivity index (χ0) is 38.5. The molecule has 7 nitrogen and oxygen atoms in total. The Balaban J connectivity index is 2.23. The Bertz CT molecular complexity index is 1820. The number of ether oxygens (including phenoxy) is 1. The lowest BCUT2D eigenvalue weighted by Crippen LogP contribution is -2.41. The first-order valence-corrected chi connectivity index (χ1v) is 16.9. The highest BCUT2D eigenvalue weighted by Gasteiger charge is 2.36. The largest absolute Gasteiger partial charge is 0.466 e. The number of hydrogen-bond donors (Lipinski definition) is 1. The number of aryl methyl sites for hydroxylation is 4. The molecule has 0 saturated heterocycles. The van der Waals surface area contributed by atoms with Crippen LogP contribution in [0.25, 0.3) is 11.1 Å². The molecule has 2 atom stereocenters. The molecule has 1 heterocycles. The topological polar surface area (TPSA) is 80.6 Å². The minimum atomic E-state index is -4.83. The standard InChI is InChI=1S/C38H47F6N3O4/c1-10-51-31(49)18-28(33-35(40)23(6)16-26(36(33)41)32-21(4)15-22(5)34(39)24(32)7)45-37(50)29(14-20(2)3)47-19-25(12-11-13-46(8)9)27(17-30(47)48)38(42,43)44/h15-17,19-20,28-29H,10-14,18H2,1-9H3,(H,45,50)/t28-,29?/m0/s1. The molecule has 1 aromatic heterocycles. The molecule has 13 heteroatoms. The minimum Gasteiger partial charge on any atom is -0.466 e. The molecule has 1 N–H and O–H groups in total. The van der Waals surface area contributed by atoms with E-state index in [1.54, 1.807) is 46.7 Å². The molecule has 1 amide bonds. The molecule has 0 aliphatic carbocycles. The van der Waals surface area contributed by atoms with Crippen molar-refractivity contribution in [1.82, 2.24) is 14.8 Å². The second-order valence-corrected chi connectivity index (χ2v) is 13.7. The van der Waals surface area contributed by atoms with Crippen LogP contribution in [0, 0.1) is 51.1 Å². The van der Waals surface area contributed by atoms with Crippen molar-refractivity contribution in [2.45, 2.75) is 92.4 Å². The average Bonchev–Trinajstić information content (AvgIpc) is 3.01. The van der Waals surface area contributed by atoms with Crippen LogP contribution in [0.2, 0.25) is 0 Å². The lowest BCUT2D eigenvalue weighted by Gasteiger charge is -2.27. The van der Waals surface area contributed by atoms with Crippen molar-refractivity contribution in [3.8, 4) is 11.1 Å². The highest BCUT2D eigenvalue weighted by molar-refractivity contribution is 5.82. The molecule has 3 aromatic rings. The van der Waals surface area contributed by atoms with Gasteiger partial charge >= 0.3 is 12.1 Å². The normalized spacial score (nSPS) is 13.1. The molecule has 3 rings (SSSR count). The summed E-state index contributed by atoms with van der Waals surface area (Å²) < 4.78 is 95.9. The van der Waals surface area contributed by atoms with E-state index in [2.05, 4.69) is 5.32 Å². The quantitative estimate of drug-likeness (QED) is 0.135. The number of aromatic nitrogens is 1. The van der Waals surface area contributed by atoms with E-state index < -0.39 is 70.7 Å². The monoisotopic (exact) mass is 723 g/mol. The number of benzene rings is 2. The maximum atomic E-state index is 16.7. The molecule has 0 saturated carbocycles. The number of esters is 1. The van der Waals surface area contributed by atoms with E-state index in [0.717, 1.165) is 10.8 Å². The molecule has 1 unspecified atom stereocenters. The highest BCUT2D eigenvalue weighted by atomic mass is 19.4. The summed E-state index contributed by atoms with van der Waals surface area (Å²) in [7, 11) is 3.54. The molecule has 0 aliphatic heterocycles. The van der Waals surface area contributed by atoms with Gasteiger partial charge in [0.1, 0.15) is 23.5 Å². The van der Waals surface area contributed by atoms with Crippen LogP contribution in [0.4, 0.5) is 26.3 Å². The number of amides is 1. The van der Waals surface area contributed by atoms with Gasteiger partial charge in [0.15, 0.2) is 0 Å². The van der Waals surface area contributed by atoms with Crippen molar-refractivity contribution >= 4 is 11.9 Å². The Morgan fingerprint density at radius 1 is 0.941 bits per heavy atom. The van der Waals surface area contributed by atoms with E-state index in [1.165, 1.54) is 32.9 Å². The number of carbonyl (C=O) groups is 2. The van der Waals surface area contributed by atoms with Crippen LogP contribution < -0.4 is 10.9 Å². The lowest BCUT2D eigenvalue weighted by molar-refractivity contribution is -0.144. The van der Waals surface area contributed by atoms with E-state index >= 15 is 13.2 Å². The van der Waals surface area contributed by atoms with Crippen LogP contribution >= 0.6 is 0 Å². The first kappa shape index (κ1) is 41.3. The zero-order valence-electron chi connectivity index (χ0n) is 30.6. The Kier molecular flexibility index (Phi) is 13.7. The van der Waals surface area contributed by atoms with Crippen LogP contribution in [0.3, 0.4) is 0 Å². The van der Waals surface area contributed by atoms with Crippen molar-refractivity contribution in [2.75, 3.05) is 27.2 Å². The van der Waals surface area contributed by atoms with Crippen molar-refractivity contribution < 1.29 is 40.7 Å². The maximum Gasteiger partial charge on any atom is 0.416 e.